The third-order valence-corrected chi connectivity index (χ3v) is 4.28. The minimum Gasteiger partial charge on any atom is -0.319 e. The van der Waals surface area contributed by atoms with Gasteiger partial charge in [0.15, 0.2) is 0 Å². The minimum atomic E-state index is 0.421. The molecule has 0 aliphatic carbocycles. The van der Waals surface area contributed by atoms with Gasteiger partial charge in [0, 0.05) is 12.1 Å². The van der Waals surface area contributed by atoms with E-state index >= 15 is 0 Å². The summed E-state index contributed by atoms with van der Waals surface area (Å²) in [5.41, 5.74) is 2.05. The van der Waals surface area contributed by atoms with Crippen molar-refractivity contribution in [3.05, 3.63) is 35.4 Å². The number of nitrogens with zero attached hydrogens (tertiary/aromatic N) is 2. The molecule has 2 atom stereocenters. The Morgan fingerprint density at radius 3 is 2.90 bits per heavy atom. The largest absolute Gasteiger partial charge is 0.319 e. The first-order valence-electron chi connectivity index (χ1n) is 7.57. The number of nitrogens with one attached hydrogen (secondary N) is 1. The van der Waals surface area contributed by atoms with Crippen molar-refractivity contribution >= 4 is 0 Å². The lowest BCUT2D eigenvalue weighted by molar-refractivity contribution is 0.0636. The predicted molar refractivity (Wildman–Crippen MR) is 82.4 cm³/mol. The highest BCUT2D eigenvalue weighted by Crippen LogP contribution is 2.37. The Labute approximate surface area is 122 Å². The molecule has 0 aromatic heterocycles. The Morgan fingerprint density at radius 1 is 1.45 bits per heavy atom. The molecule has 3 nitrogen and oxygen atoms in total. The van der Waals surface area contributed by atoms with Gasteiger partial charge in [0.05, 0.1) is 11.6 Å². The summed E-state index contributed by atoms with van der Waals surface area (Å²) in [6, 6.07) is 11.4. The van der Waals surface area contributed by atoms with Gasteiger partial charge in [-0.15, -0.1) is 0 Å². The maximum Gasteiger partial charge on any atom is 0.0991 e. The standard InChI is InChI=1S/C17H25N3/c1-13(2)20-9-5-8-16(12-19-3)17(20)15-7-4-6-14(10-15)11-18/h4,6-7,10,13,16-17,19H,5,8-9,12H2,1-3H3. The molecule has 3 heteroatoms. The van der Waals surface area contributed by atoms with Crippen molar-refractivity contribution < 1.29 is 0 Å². The lowest BCUT2D eigenvalue weighted by atomic mass is 9.83. The van der Waals surface area contributed by atoms with Gasteiger partial charge in [-0.25, -0.2) is 0 Å². The van der Waals surface area contributed by atoms with Crippen molar-refractivity contribution in [3.8, 4) is 6.07 Å². The van der Waals surface area contributed by atoms with Crippen LogP contribution in [0.1, 0.15) is 43.9 Å². The quantitative estimate of drug-likeness (QED) is 0.915. The van der Waals surface area contributed by atoms with E-state index in [0.717, 1.165) is 18.7 Å². The minimum absolute atomic E-state index is 0.421. The van der Waals surface area contributed by atoms with E-state index in [1.54, 1.807) is 0 Å². The number of hydrogen-bond acceptors (Lipinski definition) is 3. The van der Waals surface area contributed by atoms with Gasteiger partial charge in [-0.2, -0.15) is 5.26 Å². The van der Waals surface area contributed by atoms with Crippen LogP contribution in [0.5, 0.6) is 0 Å². The monoisotopic (exact) mass is 271 g/mol. The Kier molecular flexibility index (Phi) is 5.17. The van der Waals surface area contributed by atoms with Crippen LogP contribution >= 0.6 is 0 Å². The van der Waals surface area contributed by atoms with Crippen LogP contribution < -0.4 is 5.32 Å². The first-order valence-corrected chi connectivity index (χ1v) is 7.57. The van der Waals surface area contributed by atoms with E-state index in [-0.39, 0.29) is 0 Å². The summed E-state index contributed by atoms with van der Waals surface area (Å²) in [4.78, 5) is 2.59. The molecule has 1 fully saturated rings. The molecular weight excluding hydrogens is 246 g/mol. The second-order valence-electron chi connectivity index (χ2n) is 5.97. The molecule has 0 saturated carbocycles. The number of rotatable bonds is 4. The third-order valence-electron chi connectivity index (χ3n) is 4.28. The number of piperidine rings is 1. The van der Waals surface area contributed by atoms with E-state index in [1.807, 2.05) is 19.2 Å². The van der Waals surface area contributed by atoms with Gasteiger partial charge in [0.2, 0.25) is 0 Å². The summed E-state index contributed by atoms with van der Waals surface area (Å²) in [5, 5.41) is 12.5. The Balaban J connectivity index is 2.35. The summed E-state index contributed by atoms with van der Waals surface area (Å²) in [5.74, 6) is 0.616. The van der Waals surface area contributed by atoms with Gasteiger partial charge < -0.3 is 5.32 Å². The molecule has 108 valence electrons. The van der Waals surface area contributed by atoms with Crippen LogP contribution in [-0.4, -0.2) is 31.1 Å². The van der Waals surface area contributed by atoms with Crippen molar-refractivity contribution in [1.82, 2.24) is 10.2 Å². The van der Waals surface area contributed by atoms with E-state index in [4.69, 9.17) is 5.26 Å². The summed E-state index contributed by atoms with van der Waals surface area (Å²) in [6.45, 7) is 6.72. The van der Waals surface area contributed by atoms with Crippen molar-refractivity contribution in [2.75, 3.05) is 20.1 Å². The maximum atomic E-state index is 9.13. The van der Waals surface area contributed by atoms with Crippen molar-refractivity contribution in [1.29, 1.82) is 5.26 Å². The van der Waals surface area contributed by atoms with Gasteiger partial charge in [-0.1, -0.05) is 12.1 Å². The highest BCUT2D eigenvalue weighted by atomic mass is 15.2. The second kappa shape index (κ2) is 6.88. The topological polar surface area (TPSA) is 39.1 Å². The van der Waals surface area contributed by atoms with Gasteiger partial charge >= 0.3 is 0 Å². The Bertz CT molecular complexity index is 473. The number of benzene rings is 1. The van der Waals surface area contributed by atoms with Crippen molar-refractivity contribution in [2.45, 2.75) is 38.8 Å². The molecule has 20 heavy (non-hydrogen) atoms. The fraction of sp³-hybridized carbons (Fsp3) is 0.588. The molecule has 1 aliphatic heterocycles. The summed E-state index contributed by atoms with van der Waals surface area (Å²) >= 11 is 0. The molecule has 1 saturated heterocycles. The van der Waals surface area contributed by atoms with E-state index < -0.39 is 0 Å². The van der Waals surface area contributed by atoms with E-state index in [1.165, 1.54) is 18.4 Å². The Hall–Kier alpha value is -1.37. The van der Waals surface area contributed by atoms with E-state index in [2.05, 4.69) is 42.3 Å². The maximum absolute atomic E-state index is 9.13. The van der Waals surface area contributed by atoms with E-state index in [0.29, 0.717) is 18.0 Å². The molecule has 1 aromatic rings. The highest BCUT2D eigenvalue weighted by molar-refractivity contribution is 5.34. The molecule has 1 heterocycles. The van der Waals surface area contributed by atoms with Crippen LogP contribution in [0.25, 0.3) is 0 Å². The normalized spacial score (nSPS) is 23.8. The highest BCUT2D eigenvalue weighted by Gasteiger charge is 2.33. The fourth-order valence-electron chi connectivity index (χ4n) is 3.41. The van der Waals surface area contributed by atoms with Gasteiger partial charge in [0.1, 0.15) is 0 Å². The van der Waals surface area contributed by atoms with Crippen LogP contribution in [0.15, 0.2) is 24.3 Å². The van der Waals surface area contributed by atoms with Crippen LogP contribution in [0, 0.1) is 17.2 Å². The molecule has 1 aliphatic rings. The third kappa shape index (κ3) is 3.20. The van der Waals surface area contributed by atoms with Crippen LogP contribution in [0.3, 0.4) is 0 Å². The molecule has 0 bridgehead atoms. The molecule has 2 unspecified atom stereocenters. The van der Waals surface area contributed by atoms with Crippen molar-refractivity contribution in [2.24, 2.45) is 5.92 Å². The zero-order valence-corrected chi connectivity index (χ0v) is 12.8. The first-order chi connectivity index (χ1) is 9.67. The number of hydrogen-bond donors (Lipinski definition) is 1. The van der Waals surface area contributed by atoms with Gasteiger partial charge in [0.25, 0.3) is 0 Å². The number of likely N-dealkylation sites (tertiary alicyclic amines) is 1. The molecule has 1 N–H and O–H groups in total. The molecule has 1 aromatic carbocycles. The average molecular weight is 271 g/mol. The molecular formula is C17H25N3. The summed E-state index contributed by atoms with van der Waals surface area (Å²) in [6.07, 6.45) is 2.52. The number of nitriles is 1. The molecule has 2 rings (SSSR count). The van der Waals surface area contributed by atoms with Crippen LogP contribution in [0.2, 0.25) is 0 Å². The Morgan fingerprint density at radius 2 is 2.25 bits per heavy atom. The summed E-state index contributed by atoms with van der Waals surface area (Å²) in [7, 11) is 2.02. The van der Waals surface area contributed by atoms with Crippen LogP contribution in [0.4, 0.5) is 0 Å². The predicted octanol–water partition coefficient (Wildman–Crippen LogP) is 2.94. The SMILES string of the molecule is CNCC1CCCN(C(C)C)C1c1cccc(C#N)c1. The lowest BCUT2D eigenvalue weighted by Crippen LogP contribution is -2.45. The van der Waals surface area contributed by atoms with Crippen LogP contribution in [-0.2, 0) is 0 Å². The smallest absolute Gasteiger partial charge is 0.0991 e. The average Bonchev–Trinajstić information content (AvgIpc) is 2.47. The zero-order chi connectivity index (χ0) is 14.5. The molecule has 0 radical (unpaired) electrons. The summed E-state index contributed by atoms with van der Waals surface area (Å²) < 4.78 is 0. The lowest BCUT2D eigenvalue weighted by Gasteiger charge is -2.44. The van der Waals surface area contributed by atoms with E-state index in [9.17, 15) is 0 Å². The second-order valence-corrected chi connectivity index (χ2v) is 5.97. The fourth-order valence-corrected chi connectivity index (χ4v) is 3.41. The molecule has 0 amide bonds. The zero-order valence-electron chi connectivity index (χ0n) is 12.8. The van der Waals surface area contributed by atoms with Gasteiger partial charge in [-0.05, 0) is 70.4 Å². The molecule has 0 spiro atoms. The van der Waals surface area contributed by atoms with Crippen molar-refractivity contribution in [3.63, 3.8) is 0 Å². The first kappa shape index (κ1) is 15.0. The van der Waals surface area contributed by atoms with Gasteiger partial charge in [-0.3, -0.25) is 4.90 Å².